The van der Waals surface area contributed by atoms with E-state index in [0.29, 0.717) is 17.3 Å². The van der Waals surface area contributed by atoms with E-state index >= 15 is 0 Å². The number of hydrogen-bond acceptors (Lipinski definition) is 4. The lowest BCUT2D eigenvalue weighted by Crippen LogP contribution is -2.49. The molecule has 0 saturated heterocycles. The van der Waals surface area contributed by atoms with E-state index in [0.717, 1.165) is 23.6 Å². The van der Waals surface area contributed by atoms with Crippen LogP contribution in [-0.2, 0) is 6.42 Å². The number of aromatic nitrogens is 2. The van der Waals surface area contributed by atoms with Gasteiger partial charge in [-0.3, -0.25) is 0 Å². The fraction of sp³-hybridized carbons (Fsp3) is 0.600. The third kappa shape index (κ3) is 2.38. The first-order valence-electron chi connectivity index (χ1n) is 11.0. The molecule has 0 amide bonds. The van der Waals surface area contributed by atoms with Gasteiger partial charge in [-0.25, -0.2) is 9.97 Å². The van der Waals surface area contributed by atoms with Crippen LogP contribution < -0.4 is 10.6 Å². The Hall–Kier alpha value is -2.10. The van der Waals surface area contributed by atoms with Crippen molar-refractivity contribution in [2.24, 2.45) is 22.2 Å². The summed E-state index contributed by atoms with van der Waals surface area (Å²) in [6, 6.07) is 8.69. The molecular weight excluding hydrogens is 356 g/mol. The Morgan fingerprint density at radius 3 is 2.38 bits per heavy atom. The lowest BCUT2D eigenvalue weighted by atomic mass is 9.48. The lowest BCUT2D eigenvalue weighted by Gasteiger charge is -2.55. The molecule has 2 N–H and O–H groups in total. The second-order valence-electron chi connectivity index (χ2n) is 11.1. The first kappa shape index (κ1) is 18.9. The van der Waals surface area contributed by atoms with Crippen molar-refractivity contribution in [2.75, 3.05) is 24.7 Å². The first-order valence-corrected chi connectivity index (χ1v) is 11.0. The van der Waals surface area contributed by atoms with Gasteiger partial charge in [0.05, 0.1) is 11.4 Å². The molecule has 0 radical (unpaired) electrons. The smallest absolute Gasteiger partial charge is 0.220 e. The molecule has 3 aliphatic carbocycles. The molecule has 29 heavy (non-hydrogen) atoms. The third-order valence-electron chi connectivity index (χ3n) is 8.85. The van der Waals surface area contributed by atoms with E-state index < -0.39 is 0 Å². The zero-order valence-electron chi connectivity index (χ0n) is 18.7. The number of hydrogen-bond donors (Lipinski definition) is 1. The Morgan fingerprint density at radius 2 is 1.72 bits per heavy atom. The van der Waals surface area contributed by atoms with Gasteiger partial charge in [0.15, 0.2) is 0 Å². The van der Waals surface area contributed by atoms with Gasteiger partial charge in [-0.15, -0.1) is 0 Å². The van der Waals surface area contributed by atoms with Crippen molar-refractivity contribution >= 4 is 11.6 Å². The van der Waals surface area contributed by atoms with Crippen LogP contribution in [0.1, 0.15) is 64.1 Å². The van der Waals surface area contributed by atoms with Gasteiger partial charge in [0.2, 0.25) is 5.95 Å². The number of fused-ring (bicyclic) bond motifs is 3. The summed E-state index contributed by atoms with van der Waals surface area (Å²) in [6.07, 6.45) is 5.07. The van der Waals surface area contributed by atoms with Crippen molar-refractivity contribution in [3.63, 3.8) is 0 Å². The van der Waals surface area contributed by atoms with E-state index in [4.69, 9.17) is 15.7 Å². The number of benzene rings is 1. The van der Waals surface area contributed by atoms with Crippen LogP contribution >= 0.6 is 0 Å². The molecule has 5 rings (SSSR count). The molecule has 0 aliphatic heterocycles. The van der Waals surface area contributed by atoms with Crippen LogP contribution in [0.3, 0.4) is 0 Å². The highest BCUT2D eigenvalue weighted by atomic mass is 15.1. The van der Waals surface area contributed by atoms with Crippen molar-refractivity contribution in [3.8, 4) is 11.3 Å². The van der Waals surface area contributed by atoms with Crippen LogP contribution in [0.4, 0.5) is 11.6 Å². The molecule has 1 aromatic heterocycles. The van der Waals surface area contributed by atoms with Crippen LogP contribution in [0.15, 0.2) is 24.3 Å². The maximum atomic E-state index is 6.30. The number of nitrogens with zero attached hydrogens (tertiary/aromatic N) is 3. The van der Waals surface area contributed by atoms with Crippen molar-refractivity contribution in [2.45, 2.75) is 59.3 Å². The van der Waals surface area contributed by atoms with Gasteiger partial charge < -0.3 is 10.6 Å². The maximum absolute atomic E-state index is 6.30. The number of nitrogen functional groups attached to an aromatic ring is 1. The van der Waals surface area contributed by atoms with Crippen LogP contribution in [0, 0.1) is 22.2 Å². The molecule has 2 fully saturated rings. The predicted molar refractivity (Wildman–Crippen MR) is 120 cm³/mol. The molecule has 2 saturated carbocycles. The average molecular weight is 391 g/mol. The normalized spacial score (nSPS) is 30.7. The fourth-order valence-corrected chi connectivity index (χ4v) is 7.25. The Kier molecular flexibility index (Phi) is 3.74. The molecule has 1 spiro atoms. The lowest BCUT2D eigenvalue weighted by molar-refractivity contribution is 0.00284. The molecule has 3 atom stereocenters. The molecule has 3 unspecified atom stereocenters. The van der Waals surface area contributed by atoms with Gasteiger partial charge >= 0.3 is 0 Å². The number of nitrogens with two attached hydrogens (primary N) is 1. The fourth-order valence-electron chi connectivity index (χ4n) is 7.25. The molecule has 4 nitrogen and oxygen atoms in total. The Morgan fingerprint density at radius 1 is 1.03 bits per heavy atom. The van der Waals surface area contributed by atoms with Gasteiger partial charge in [0.1, 0.15) is 0 Å². The number of anilines is 2. The van der Waals surface area contributed by atoms with E-state index in [9.17, 15) is 0 Å². The SMILES string of the molecule is CN(C)c1ccc(-c2nc(N)nc3c2CC(C)(C)C24CCC(C2)C(C)(C)C34)cc1. The van der Waals surface area contributed by atoms with Crippen molar-refractivity contribution in [1.29, 1.82) is 0 Å². The van der Waals surface area contributed by atoms with E-state index in [1.54, 1.807) is 0 Å². The number of rotatable bonds is 2. The third-order valence-corrected chi connectivity index (χ3v) is 8.85. The summed E-state index contributed by atoms with van der Waals surface area (Å²) in [5.74, 6) is 1.68. The second-order valence-corrected chi connectivity index (χ2v) is 11.1. The Labute approximate surface area is 174 Å². The van der Waals surface area contributed by atoms with E-state index in [1.165, 1.54) is 36.2 Å². The summed E-state index contributed by atoms with van der Waals surface area (Å²) < 4.78 is 0. The highest BCUT2D eigenvalue weighted by molar-refractivity contribution is 5.69. The molecule has 2 aromatic rings. The average Bonchev–Trinajstić information content (AvgIpc) is 3.18. The highest BCUT2D eigenvalue weighted by Gasteiger charge is 2.69. The minimum absolute atomic E-state index is 0.241. The topological polar surface area (TPSA) is 55.0 Å². The summed E-state index contributed by atoms with van der Waals surface area (Å²) in [6.45, 7) is 9.92. The monoisotopic (exact) mass is 390 g/mol. The van der Waals surface area contributed by atoms with E-state index in [1.807, 2.05) is 0 Å². The molecule has 2 bridgehead atoms. The molecule has 154 valence electrons. The van der Waals surface area contributed by atoms with Gasteiger partial charge in [0.25, 0.3) is 0 Å². The van der Waals surface area contributed by atoms with Crippen molar-refractivity contribution < 1.29 is 0 Å². The van der Waals surface area contributed by atoms with Gasteiger partial charge in [-0.05, 0) is 60.0 Å². The second kappa shape index (κ2) is 5.74. The maximum Gasteiger partial charge on any atom is 0.220 e. The minimum Gasteiger partial charge on any atom is -0.378 e. The van der Waals surface area contributed by atoms with E-state index in [-0.39, 0.29) is 10.8 Å². The van der Waals surface area contributed by atoms with Crippen LogP contribution in [-0.4, -0.2) is 24.1 Å². The van der Waals surface area contributed by atoms with E-state index in [2.05, 4.69) is 71.0 Å². The standard InChI is InChI=1S/C25H34N4/c1-23(2)14-18-19(15-7-9-17(10-8-15)29(5)6)27-22(26)28-20(18)21-24(3,4)16-11-12-25(21,23)13-16/h7-10,16,21H,11-14H2,1-6H3,(H2,26,27,28). The highest BCUT2D eigenvalue weighted by Crippen LogP contribution is 2.77. The van der Waals surface area contributed by atoms with Crippen molar-refractivity contribution in [3.05, 3.63) is 35.5 Å². The molecule has 1 aromatic carbocycles. The van der Waals surface area contributed by atoms with Crippen LogP contribution in [0.5, 0.6) is 0 Å². The zero-order chi connectivity index (χ0) is 20.8. The summed E-state index contributed by atoms with van der Waals surface area (Å²) in [7, 11) is 4.14. The quantitative estimate of drug-likeness (QED) is 0.757. The predicted octanol–water partition coefficient (Wildman–Crippen LogP) is 5.28. The zero-order valence-corrected chi connectivity index (χ0v) is 18.7. The summed E-state index contributed by atoms with van der Waals surface area (Å²) >= 11 is 0. The van der Waals surface area contributed by atoms with Gasteiger partial charge in [0, 0.05) is 36.8 Å². The summed E-state index contributed by atoms with van der Waals surface area (Å²) in [5.41, 5.74) is 13.1. The molecule has 1 heterocycles. The minimum atomic E-state index is 0.241. The Balaban J connectivity index is 1.72. The largest absolute Gasteiger partial charge is 0.378 e. The van der Waals surface area contributed by atoms with Crippen LogP contribution in [0.25, 0.3) is 11.3 Å². The van der Waals surface area contributed by atoms with Gasteiger partial charge in [-0.2, -0.15) is 0 Å². The molecular formula is C25H34N4. The molecule has 3 aliphatic rings. The van der Waals surface area contributed by atoms with Crippen LogP contribution in [0.2, 0.25) is 0 Å². The summed E-state index contributed by atoms with van der Waals surface area (Å²) in [5, 5.41) is 0. The molecule has 4 heteroatoms. The van der Waals surface area contributed by atoms with Gasteiger partial charge in [-0.1, -0.05) is 39.8 Å². The Bertz CT molecular complexity index is 973. The summed E-state index contributed by atoms with van der Waals surface area (Å²) in [4.78, 5) is 11.8. The van der Waals surface area contributed by atoms with Crippen molar-refractivity contribution in [1.82, 2.24) is 9.97 Å². The first-order chi connectivity index (χ1) is 13.6.